The molecule has 1 saturated carbocycles. The molecule has 0 N–H and O–H groups in total. The lowest BCUT2D eigenvalue weighted by Gasteiger charge is -2.39. The van der Waals surface area contributed by atoms with Crippen molar-refractivity contribution in [1.29, 1.82) is 0 Å². The van der Waals surface area contributed by atoms with Gasteiger partial charge < -0.3 is 14.4 Å². The predicted octanol–water partition coefficient (Wildman–Crippen LogP) is 2.26. The molecule has 118 valence electrons. The summed E-state index contributed by atoms with van der Waals surface area (Å²) in [4.78, 5) is 25.5. The standard InChI is InChI=1S/C17H21NO4/c1-18(16(20)15-5-3-2-4-13(15)12-19)14-6-8-17(9-7-14)21-10-11-22-17/h2-5,12,14H,6-11H2,1H3. The quantitative estimate of drug-likeness (QED) is 0.804. The summed E-state index contributed by atoms with van der Waals surface area (Å²) in [6, 6.07) is 7.08. The van der Waals surface area contributed by atoms with Gasteiger partial charge in [0, 0.05) is 31.5 Å². The number of carbonyl (C=O) groups is 2. The van der Waals surface area contributed by atoms with Crippen molar-refractivity contribution in [2.75, 3.05) is 20.3 Å². The van der Waals surface area contributed by atoms with Crippen LogP contribution < -0.4 is 0 Å². The van der Waals surface area contributed by atoms with Gasteiger partial charge in [0.05, 0.1) is 18.8 Å². The summed E-state index contributed by atoms with van der Waals surface area (Å²) in [5.74, 6) is -0.516. The Morgan fingerprint density at radius 3 is 2.50 bits per heavy atom. The van der Waals surface area contributed by atoms with Crippen LogP contribution in [0.3, 0.4) is 0 Å². The van der Waals surface area contributed by atoms with Gasteiger partial charge in [0.15, 0.2) is 12.1 Å². The van der Waals surface area contributed by atoms with Crippen LogP contribution in [0.1, 0.15) is 46.4 Å². The van der Waals surface area contributed by atoms with E-state index >= 15 is 0 Å². The molecular weight excluding hydrogens is 282 g/mol. The van der Waals surface area contributed by atoms with Crippen molar-refractivity contribution in [2.45, 2.75) is 37.5 Å². The number of aldehydes is 1. The van der Waals surface area contributed by atoms with Gasteiger partial charge in [-0.3, -0.25) is 9.59 Å². The zero-order valence-corrected chi connectivity index (χ0v) is 12.8. The Morgan fingerprint density at radius 2 is 1.86 bits per heavy atom. The Labute approximate surface area is 130 Å². The SMILES string of the molecule is CN(C(=O)c1ccccc1C=O)C1CCC2(CC1)OCCO2. The minimum absolute atomic E-state index is 0.100. The summed E-state index contributed by atoms with van der Waals surface area (Å²) in [6.07, 6.45) is 4.06. The van der Waals surface area contributed by atoms with Crippen LogP contribution in [0.2, 0.25) is 0 Å². The minimum Gasteiger partial charge on any atom is -0.348 e. The van der Waals surface area contributed by atoms with E-state index in [2.05, 4.69) is 0 Å². The molecule has 1 heterocycles. The van der Waals surface area contributed by atoms with Crippen LogP contribution in [0.4, 0.5) is 0 Å². The van der Waals surface area contributed by atoms with Crippen LogP contribution in [-0.2, 0) is 9.47 Å². The summed E-state index contributed by atoms with van der Waals surface area (Å²) in [5.41, 5.74) is 0.905. The van der Waals surface area contributed by atoms with Gasteiger partial charge in [-0.05, 0) is 18.9 Å². The third-order valence-corrected chi connectivity index (χ3v) is 4.72. The molecular formula is C17H21NO4. The summed E-state index contributed by atoms with van der Waals surface area (Å²) in [7, 11) is 1.81. The molecule has 1 aliphatic carbocycles. The van der Waals surface area contributed by atoms with E-state index in [4.69, 9.17) is 9.47 Å². The van der Waals surface area contributed by atoms with Gasteiger partial charge in [0.2, 0.25) is 0 Å². The van der Waals surface area contributed by atoms with E-state index in [1.54, 1.807) is 29.2 Å². The normalized spacial score (nSPS) is 21.0. The number of benzene rings is 1. The lowest BCUT2D eigenvalue weighted by Crippen LogP contribution is -2.45. The number of ether oxygens (including phenoxy) is 2. The molecule has 1 aromatic rings. The van der Waals surface area contributed by atoms with Crippen LogP contribution in [0.25, 0.3) is 0 Å². The maximum Gasteiger partial charge on any atom is 0.254 e. The fraction of sp³-hybridized carbons (Fsp3) is 0.529. The third-order valence-electron chi connectivity index (χ3n) is 4.72. The highest BCUT2D eigenvalue weighted by Crippen LogP contribution is 2.37. The largest absolute Gasteiger partial charge is 0.348 e. The Morgan fingerprint density at radius 1 is 1.23 bits per heavy atom. The first-order valence-electron chi connectivity index (χ1n) is 7.74. The average molecular weight is 303 g/mol. The molecule has 0 atom stereocenters. The van der Waals surface area contributed by atoms with Crippen LogP contribution in [0.15, 0.2) is 24.3 Å². The van der Waals surface area contributed by atoms with E-state index in [1.807, 2.05) is 7.05 Å². The summed E-state index contributed by atoms with van der Waals surface area (Å²) in [6.45, 7) is 1.32. The van der Waals surface area contributed by atoms with Crippen LogP contribution in [0.5, 0.6) is 0 Å². The Kier molecular flexibility index (Phi) is 4.27. The van der Waals surface area contributed by atoms with Crippen LogP contribution in [-0.4, -0.2) is 49.2 Å². The van der Waals surface area contributed by atoms with E-state index in [-0.39, 0.29) is 11.9 Å². The number of nitrogens with zero attached hydrogens (tertiary/aromatic N) is 1. The molecule has 1 amide bonds. The first-order valence-corrected chi connectivity index (χ1v) is 7.74. The fourth-order valence-corrected chi connectivity index (χ4v) is 3.37. The average Bonchev–Trinajstić information content (AvgIpc) is 3.02. The summed E-state index contributed by atoms with van der Waals surface area (Å²) in [5, 5.41) is 0. The third kappa shape index (κ3) is 2.78. The molecule has 1 aromatic carbocycles. The van der Waals surface area contributed by atoms with Gasteiger partial charge in [-0.1, -0.05) is 18.2 Å². The second kappa shape index (κ2) is 6.18. The minimum atomic E-state index is -0.416. The van der Waals surface area contributed by atoms with E-state index < -0.39 is 5.79 Å². The lowest BCUT2D eigenvalue weighted by molar-refractivity contribution is -0.182. The summed E-state index contributed by atoms with van der Waals surface area (Å²) < 4.78 is 11.4. The van der Waals surface area contributed by atoms with Crippen molar-refractivity contribution in [2.24, 2.45) is 0 Å². The Bertz CT molecular complexity index is 556. The number of rotatable bonds is 3. The number of amides is 1. The lowest BCUT2D eigenvalue weighted by atomic mass is 9.89. The number of hydrogen-bond acceptors (Lipinski definition) is 4. The van der Waals surface area contributed by atoms with Crippen molar-refractivity contribution >= 4 is 12.2 Å². The molecule has 1 saturated heterocycles. The van der Waals surface area contributed by atoms with Crippen molar-refractivity contribution < 1.29 is 19.1 Å². The zero-order valence-electron chi connectivity index (χ0n) is 12.8. The van der Waals surface area contributed by atoms with E-state index in [0.717, 1.165) is 32.0 Å². The Balaban J connectivity index is 1.68. The van der Waals surface area contributed by atoms with Crippen LogP contribution in [0, 0.1) is 0 Å². The molecule has 5 nitrogen and oxygen atoms in total. The highest BCUT2D eigenvalue weighted by atomic mass is 16.7. The summed E-state index contributed by atoms with van der Waals surface area (Å²) >= 11 is 0. The van der Waals surface area contributed by atoms with Gasteiger partial charge in [-0.2, -0.15) is 0 Å². The molecule has 1 aliphatic heterocycles. The topological polar surface area (TPSA) is 55.8 Å². The molecule has 0 unspecified atom stereocenters. The first kappa shape index (κ1) is 15.2. The molecule has 0 bridgehead atoms. The van der Waals surface area contributed by atoms with Crippen molar-refractivity contribution in [3.63, 3.8) is 0 Å². The van der Waals surface area contributed by atoms with E-state index in [0.29, 0.717) is 24.3 Å². The predicted molar refractivity (Wildman–Crippen MR) is 80.8 cm³/mol. The Hall–Kier alpha value is -1.72. The highest BCUT2D eigenvalue weighted by molar-refractivity contribution is 6.01. The fourth-order valence-electron chi connectivity index (χ4n) is 3.37. The smallest absolute Gasteiger partial charge is 0.254 e. The molecule has 0 radical (unpaired) electrons. The number of carbonyl (C=O) groups excluding carboxylic acids is 2. The van der Waals surface area contributed by atoms with E-state index in [1.165, 1.54) is 0 Å². The van der Waals surface area contributed by atoms with E-state index in [9.17, 15) is 9.59 Å². The van der Waals surface area contributed by atoms with Gasteiger partial charge >= 0.3 is 0 Å². The van der Waals surface area contributed by atoms with Gasteiger partial charge in [-0.25, -0.2) is 0 Å². The molecule has 5 heteroatoms. The maximum atomic E-state index is 12.6. The van der Waals surface area contributed by atoms with Crippen LogP contribution >= 0.6 is 0 Å². The molecule has 2 fully saturated rings. The molecule has 22 heavy (non-hydrogen) atoms. The van der Waals surface area contributed by atoms with Gasteiger partial charge in [-0.15, -0.1) is 0 Å². The molecule has 0 aromatic heterocycles. The zero-order chi connectivity index (χ0) is 15.6. The molecule has 3 rings (SSSR count). The second-order valence-electron chi connectivity index (χ2n) is 5.96. The van der Waals surface area contributed by atoms with Gasteiger partial charge in [0.1, 0.15) is 0 Å². The van der Waals surface area contributed by atoms with Gasteiger partial charge in [0.25, 0.3) is 5.91 Å². The monoisotopic (exact) mass is 303 g/mol. The highest BCUT2D eigenvalue weighted by Gasteiger charge is 2.41. The second-order valence-corrected chi connectivity index (χ2v) is 5.96. The van der Waals surface area contributed by atoms with Crippen molar-refractivity contribution in [1.82, 2.24) is 4.90 Å². The first-order chi connectivity index (χ1) is 10.7. The number of hydrogen-bond donors (Lipinski definition) is 0. The molecule has 1 spiro atoms. The maximum absolute atomic E-state index is 12.6. The van der Waals surface area contributed by atoms with Crippen molar-refractivity contribution in [3.05, 3.63) is 35.4 Å². The molecule has 2 aliphatic rings. The van der Waals surface area contributed by atoms with Crippen molar-refractivity contribution in [3.8, 4) is 0 Å².